The predicted molar refractivity (Wildman–Crippen MR) is 73.2 cm³/mol. The molecule has 0 aliphatic carbocycles. The lowest BCUT2D eigenvalue weighted by Crippen LogP contribution is -2.58. The van der Waals surface area contributed by atoms with E-state index < -0.39 is 47.4 Å². The van der Waals surface area contributed by atoms with Crippen molar-refractivity contribution in [3.05, 3.63) is 29.8 Å². The van der Waals surface area contributed by atoms with Gasteiger partial charge in [-0.25, -0.2) is 0 Å². The molecule has 2 rings (SSSR count). The second kappa shape index (κ2) is 6.59. The number of aryl methyl sites for hydroxylation is 1. The van der Waals surface area contributed by atoms with Crippen molar-refractivity contribution in [3.8, 4) is 0 Å². The average molecular weight is 334 g/mol. The van der Waals surface area contributed by atoms with Crippen LogP contribution in [0.3, 0.4) is 0 Å². The Morgan fingerprint density at radius 1 is 1.05 bits per heavy atom. The van der Waals surface area contributed by atoms with Crippen molar-refractivity contribution < 1.29 is 37.8 Å². The molecule has 5 atom stereocenters. The largest absolute Gasteiger partial charge is 0.387 e. The van der Waals surface area contributed by atoms with E-state index >= 15 is 0 Å². The molecular formula is C13H18O8S. The Balaban J connectivity index is 2.04. The van der Waals surface area contributed by atoms with Crippen LogP contribution in [0.15, 0.2) is 29.2 Å². The number of ether oxygens (including phenoxy) is 1. The van der Waals surface area contributed by atoms with E-state index in [9.17, 15) is 28.8 Å². The minimum atomic E-state index is -4.07. The summed E-state index contributed by atoms with van der Waals surface area (Å²) in [5.74, 6) is 0. The van der Waals surface area contributed by atoms with E-state index in [1.165, 1.54) is 12.1 Å². The van der Waals surface area contributed by atoms with Crippen molar-refractivity contribution in [1.29, 1.82) is 0 Å². The number of benzene rings is 1. The molecule has 1 aliphatic rings. The Kier molecular flexibility index (Phi) is 5.17. The summed E-state index contributed by atoms with van der Waals surface area (Å²) in [4.78, 5) is -0.0652. The highest BCUT2D eigenvalue weighted by Crippen LogP contribution is 2.21. The quantitative estimate of drug-likeness (QED) is 0.489. The normalized spacial score (nSPS) is 32.9. The monoisotopic (exact) mass is 334 g/mol. The molecule has 1 unspecified atom stereocenters. The van der Waals surface area contributed by atoms with Crippen molar-refractivity contribution >= 4 is 10.1 Å². The van der Waals surface area contributed by atoms with Gasteiger partial charge < -0.3 is 25.2 Å². The SMILES string of the molecule is Cc1ccc(S(=O)(=O)OC[C@H]2OC(O)[C@H](O)[C@@H](O)[C@@H]2O)cc1. The number of hydrogen-bond donors (Lipinski definition) is 4. The van der Waals surface area contributed by atoms with Crippen LogP contribution in [-0.4, -0.2) is 66.2 Å². The van der Waals surface area contributed by atoms with Gasteiger partial charge in [-0.3, -0.25) is 4.18 Å². The molecule has 1 aromatic rings. The second-order valence-corrected chi connectivity index (χ2v) is 6.70. The highest BCUT2D eigenvalue weighted by molar-refractivity contribution is 7.86. The molecule has 1 heterocycles. The molecular weight excluding hydrogens is 316 g/mol. The molecule has 124 valence electrons. The molecule has 22 heavy (non-hydrogen) atoms. The van der Waals surface area contributed by atoms with Crippen LogP contribution in [-0.2, 0) is 19.0 Å². The van der Waals surface area contributed by atoms with E-state index in [0.29, 0.717) is 0 Å². The summed E-state index contributed by atoms with van der Waals surface area (Å²) >= 11 is 0. The Labute approximate surface area is 127 Å². The molecule has 0 aromatic heterocycles. The Bertz CT molecular complexity index is 599. The first-order chi connectivity index (χ1) is 10.2. The van der Waals surface area contributed by atoms with Crippen molar-refractivity contribution in [2.24, 2.45) is 0 Å². The number of hydrogen-bond acceptors (Lipinski definition) is 8. The van der Waals surface area contributed by atoms with Crippen LogP contribution in [0.1, 0.15) is 5.56 Å². The lowest BCUT2D eigenvalue weighted by Gasteiger charge is -2.37. The second-order valence-electron chi connectivity index (χ2n) is 5.09. The fourth-order valence-corrected chi connectivity index (χ4v) is 2.92. The van der Waals surface area contributed by atoms with Gasteiger partial charge in [0, 0.05) is 0 Å². The third-order valence-electron chi connectivity index (χ3n) is 3.38. The molecule has 9 heteroatoms. The molecule has 1 fully saturated rings. The minimum absolute atomic E-state index is 0.0652. The van der Waals surface area contributed by atoms with Crippen LogP contribution in [0.5, 0.6) is 0 Å². The van der Waals surface area contributed by atoms with Crippen LogP contribution >= 0.6 is 0 Å². The topological polar surface area (TPSA) is 134 Å². The summed E-state index contributed by atoms with van der Waals surface area (Å²) in [7, 11) is -4.07. The van der Waals surface area contributed by atoms with Crippen LogP contribution < -0.4 is 0 Å². The number of rotatable bonds is 4. The lowest BCUT2D eigenvalue weighted by molar-refractivity contribution is -0.285. The summed E-state index contributed by atoms with van der Waals surface area (Å²) in [5.41, 5.74) is 0.880. The van der Waals surface area contributed by atoms with Gasteiger partial charge in [-0.15, -0.1) is 0 Å². The summed E-state index contributed by atoms with van der Waals surface area (Å²) in [6, 6.07) is 5.95. The summed E-state index contributed by atoms with van der Waals surface area (Å²) in [5, 5.41) is 37.9. The van der Waals surface area contributed by atoms with Gasteiger partial charge in [0.1, 0.15) is 24.4 Å². The van der Waals surface area contributed by atoms with Crippen LogP contribution in [0.2, 0.25) is 0 Å². The highest BCUT2D eigenvalue weighted by atomic mass is 32.2. The van der Waals surface area contributed by atoms with Gasteiger partial charge in [-0.1, -0.05) is 17.7 Å². The third-order valence-corrected chi connectivity index (χ3v) is 4.68. The molecule has 0 amide bonds. The van der Waals surface area contributed by atoms with Gasteiger partial charge in [0.05, 0.1) is 11.5 Å². The molecule has 1 saturated heterocycles. The number of aliphatic hydroxyl groups is 4. The van der Waals surface area contributed by atoms with E-state index in [1.807, 2.05) is 0 Å². The van der Waals surface area contributed by atoms with E-state index in [-0.39, 0.29) is 4.90 Å². The maximum Gasteiger partial charge on any atom is 0.297 e. The van der Waals surface area contributed by atoms with Crippen molar-refractivity contribution in [1.82, 2.24) is 0 Å². The molecule has 1 aromatic carbocycles. The first kappa shape index (κ1) is 17.3. The first-order valence-corrected chi connectivity index (χ1v) is 7.97. The Hall–Kier alpha value is -1.07. The van der Waals surface area contributed by atoms with E-state index in [4.69, 9.17) is 8.92 Å². The van der Waals surface area contributed by atoms with E-state index in [0.717, 1.165) is 5.56 Å². The zero-order chi connectivity index (χ0) is 16.5. The minimum Gasteiger partial charge on any atom is -0.387 e. The maximum atomic E-state index is 12.0. The van der Waals surface area contributed by atoms with Gasteiger partial charge in [0.15, 0.2) is 6.29 Å². The van der Waals surface area contributed by atoms with Gasteiger partial charge in [-0.05, 0) is 19.1 Å². The van der Waals surface area contributed by atoms with Crippen LogP contribution in [0, 0.1) is 6.92 Å². The summed E-state index contributed by atoms with van der Waals surface area (Å²) in [6.45, 7) is 1.19. The molecule has 0 saturated carbocycles. The number of aliphatic hydroxyl groups excluding tert-OH is 4. The lowest BCUT2D eigenvalue weighted by atomic mass is 10.00. The van der Waals surface area contributed by atoms with E-state index in [1.54, 1.807) is 19.1 Å². The summed E-state index contributed by atoms with van der Waals surface area (Å²) in [6.07, 6.45) is -7.98. The highest BCUT2D eigenvalue weighted by Gasteiger charge is 2.43. The molecule has 1 aliphatic heterocycles. The zero-order valence-electron chi connectivity index (χ0n) is 11.7. The Morgan fingerprint density at radius 2 is 1.64 bits per heavy atom. The first-order valence-electron chi connectivity index (χ1n) is 6.56. The Morgan fingerprint density at radius 3 is 2.23 bits per heavy atom. The van der Waals surface area contributed by atoms with Gasteiger partial charge in [0.25, 0.3) is 10.1 Å². The molecule has 0 spiro atoms. The molecule has 0 bridgehead atoms. The smallest absolute Gasteiger partial charge is 0.297 e. The fourth-order valence-electron chi connectivity index (χ4n) is 2.00. The van der Waals surface area contributed by atoms with Gasteiger partial charge >= 0.3 is 0 Å². The van der Waals surface area contributed by atoms with Crippen molar-refractivity contribution in [2.75, 3.05) is 6.61 Å². The standard InChI is InChI=1S/C13H18O8S/c1-7-2-4-8(5-3-7)22(18,19)20-6-9-10(14)11(15)12(16)13(17)21-9/h2-5,9-17H,6H2,1H3/t9-,10-,11+,12-,13?/m1/s1. The molecule has 8 nitrogen and oxygen atoms in total. The fraction of sp³-hybridized carbons (Fsp3) is 0.538. The van der Waals surface area contributed by atoms with E-state index in [2.05, 4.69) is 0 Å². The zero-order valence-corrected chi connectivity index (χ0v) is 12.5. The van der Waals surface area contributed by atoms with Gasteiger partial charge in [0.2, 0.25) is 0 Å². The molecule has 4 N–H and O–H groups in total. The van der Waals surface area contributed by atoms with Gasteiger partial charge in [-0.2, -0.15) is 8.42 Å². The maximum absolute atomic E-state index is 12.0. The van der Waals surface area contributed by atoms with Crippen LogP contribution in [0.4, 0.5) is 0 Å². The van der Waals surface area contributed by atoms with Crippen molar-refractivity contribution in [2.45, 2.75) is 42.5 Å². The molecule has 0 radical (unpaired) electrons. The van der Waals surface area contributed by atoms with Crippen LogP contribution in [0.25, 0.3) is 0 Å². The third kappa shape index (κ3) is 3.63. The predicted octanol–water partition coefficient (Wildman–Crippen LogP) is -1.50. The summed E-state index contributed by atoms with van der Waals surface area (Å²) < 4.78 is 33.6. The average Bonchev–Trinajstić information content (AvgIpc) is 2.48. The van der Waals surface area contributed by atoms with Crippen molar-refractivity contribution in [3.63, 3.8) is 0 Å².